The molecule has 120 valence electrons. The lowest BCUT2D eigenvalue weighted by Gasteiger charge is -2.25. The van der Waals surface area contributed by atoms with Crippen molar-refractivity contribution in [3.05, 3.63) is 61.5 Å². The summed E-state index contributed by atoms with van der Waals surface area (Å²) in [6.07, 6.45) is 0.575. The molecule has 2 aromatic rings. The van der Waals surface area contributed by atoms with Crippen LogP contribution in [-0.2, 0) is 11.8 Å². The van der Waals surface area contributed by atoms with E-state index in [0.717, 1.165) is 15.6 Å². The quantitative estimate of drug-likeness (QED) is 0.499. The van der Waals surface area contributed by atoms with E-state index in [1.54, 1.807) is 12.1 Å². The Morgan fingerprint density at radius 2 is 1.91 bits per heavy atom. The fourth-order valence-electron chi connectivity index (χ4n) is 2.64. The van der Waals surface area contributed by atoms with Crippen molar-refractivity contribution in [3.8, 4) is 5.75 Å². The van der Waals surface area contributed by atoms with Gasteiger partial charge >= 0.3 is 0 Å². The molecule has 0 saturated heterocycles. The van der Waals surface area contributed by atoms with Crippen LogP contribution >= 0.6 is 55.1 Å². The average Bonchev–Trinajstić information content (AvgIpc) is 2.53. The number of ether oxygens (including phenoxy) is 1. The number of hydrogen-bond donors (Lipinski definition) is 0. The summed E-state index contributed by atoms with van der Waals surface area (Å²) in [6.45, 7) is 0.359. The summed E-state index contributed by atoms with van der Waals surface area (Å²) < 4.78 is 6.63. The van der Waals surface area contributed by atoms with Crippen LogP contribution in [0.4, 0.5) is 0 Å². The summed E-state index contributed by atoms with van der Waals surface area (Å²) in [4.78, 5) is 12.8. The van der Waals surface area contributed by atoms with Crippen LogP contribution in [-0.4, -0.2) is 12.4 Å². The minimum atomic E-state index is -0.225. The molecule has 1 aliphatic heterocycles. The second-order valence-corrected chi connectivity index (χ2v) is 7.64. The number of rotatable bonds is 3. The number of carbonyl (C=O) groups excluding carboxylic acids is 1. The number of Topliss-reactive ketones (excluding diaryl/α,β-unsaturated/α-hetero) is 1. The average molecular weight is 479 g/mol. The fraction of sp³-hybridized carbons (Fsp3) is 0.235. The molecule has 0 spiro atoms. The molecule has 0 bridgehead atoms. The molecule has 0 amide bonds. The van der Waals surface area contributed by atoms with Crippen LogP contribution in [0, 0.1) is 5.92 Å². The molecule has 1 heterocycles. The number of benzene rings is 2. The Morgan fingerprint density at radius 1 is 1.13 bits per heavy atom. The Morgan fingerprint density at radius 3 is 2.61 bits per heavy atom. The summed E-state index contributed by atoms with van der Waals surface area (Å²) in [5.74, 6) is 0.503. The summed E-state index contributed by atoms with van der Waals surface area (Å²) >= 11 is 18.9. The van der Waals surface area contributed by atoms with Gasteiger partial charge in [0.05, 0.1) is 32.6 Å². The number of fused-ring (bicyclic) bond motifs is 1. The lowest BCUT2D eigenvalue weighted by atomic mass is 9.89. The van der Waals surface area contributed by atoms with Gasteiger partial charge in [-0.2, -0.15) is 0 Å². The van der Waals surface area contributed by atoms with E-state index in [4.69, 9.17) is 27.9 Å². The molecule has 0 radical (unpaired) electrons. The Bertz CT molecular complexity index is 777. The molecule has 0 unspecified atom stereocenters. The molecule has 23 heavy (non-hydrogen) atoms. The topological polar surface area (TPSA) is 26.3 Å². The molecule has 3 rings (SSSR count). The third kappa shape index (κ3) is 3.60. The summed E-state index contributed by atoms with van der Waals surface area (Å²) in [7, 11) is 0. The van der Waals surface area contributed by atoms with Crippen molar-refractivity contribution >= 4 is 60.8 Å². The van der Waals surface area contributed by atoms with Crippen LogP contribution in [0.25, 0.3) is 0 Å². The summed E-state index contributed by atoms with van der Waals surface area (Å²) in [6, 6.07) is 9.29. The number of halogens is 4. The highest BCUT2D eigenvalue weighted by Crippen LogP contribution is 2.37. The van der Waals surface area contributed by atoms with Crippen molar-refractivity contribution < 1.29 is 9.53 Å². The SMILES string of the molecule is O=C1c2cc(CBr)cc(Br)c2OC[C@@H]1Cc1ccc(Cl)c(Cl)c1. The monoisotopic (exact) mass is 476 g/mol. The Labute approximate surface area is 161 Å². The smallest absolute Gasteiger partial charge is 0.173 e. The van der Waals surface area contributed by atoms with Crippen molar-refractivity contribution in [2.45, 2.75) is 11.8 Å². The minimum absolute atomic E-state index is 0.0980. The normalized spacial score (nSPS) is 16.9. The molecule has 2 aromatic carbocycles. The van der Waals surface area contributed by atoms with E-state index in [9.17, 15) is 4.79 Å². The molecule has 0 aliphatic carbocycles. The van der Waals surface area contributed by atoms with Gasteiger partial charge in [-0.05, 0) is 57.7 Å². The first-order valence-corrected chi connectivity index (χ1v) is 9.66. The predicted molar refractivity (Wildman–Crippen MR) is 100 cm³/mol. The van der Waals surface area contributed by atoms with Gasteiger partial charge in [0.25, 0.3) is 0 Å². The molecule has 1 aliphatic rings. The largest absolute Gasteiger partial charge is 0.491 e. The maximum Gasteiger partial charge on any atom is 0.173 e. The van der Waals surface area contributed by atoms with E-state index < -0.39 is 0 Å². The van der Waals surface area contributed by atoms with Gasteiger partial charge in [-0.25, -0.2) is 0 Å². The van der Waals surface area contributed by atoms with E-state index in [2.05, 4.69) is 31.9 Å². The Kier molecular flexibility index (Phi) is 5.36. The van der Waals surface area contributed by atoms with Crippen LogP contribution in [0.3, 0.4) is 0 Å². The second-order valence-electron chi connectivity index (χ2n) is 5.41. The third-order valence-electron chi connectivity index (χ3n) is 3.79. The highest BCUT2D eigenvalue weighted by Gasteiger charge is 2.30. The van der Waals surface area contributed by atoms with E-state index in [-0.39, 0.29) is 11.7 Å². The zero-order valence-corrected chi connectivity index (χ0v) is 16.6. The van der Waals surface area contributed by atoms with Gasteiger partial charge in [-0.15, -0.1) is 0 Å². The van der Waals surface area contributed by atoms with Gasteiger partial charge in [0.1, 0.15) is 5.75 Å². The highest BCUT2D eigenvalue weighted by molar-refractivity contribution is 9.10. The first kappa shape index (κ1) is 17.3. The van der Waals surface area contributed by atoms with E-state index in [1.807, 2.05) is 18.2 Å². The molecule has 1 atom stereocenters. The lowest BCUT2D eigenvalue weighted by Crippen LogP contribution is -2.29. The molecule has 2 nitrogen and oxygen atoms in total. The molecular formula is C17H12Br2Cl2O2. The van der Waals surface area contributed by atoms with Gasteiger partial charge in [0, 0.05) is 5.33 Å². The maximum atomic E-state index is 12.8. The van der Waals surface area contributed by atoms with Gasteiger partial charge in [-0.3, -0.25) is 4.79 Å². The van der Waals surface area contributed by atoms with Gasteiger partial charge < -0.3 is 4.74 Å². The molecule has 0 aromatic heterocycles. The third-order valence-corrected chi connectivity index (χ3v) is 5.76. The maximum absolute atomic E-state index is 12.8. The van der Waals surface area contributed by atoms with Crippen molar-refractivity contribution in [2.24, 2.45) is 5.92 Å². The van der Waals surface area contributed by atoms with E-state index in [0.29, 0.717) is 39.7 Å². The number of hydrogen-bond acceptors (Lipinski definition) is 2. The molecule has 0 saturated carbocycles. The minimum Gasteiger partial charge on any atom is -0.491 e. The zero-order chi connectivity index (χ0) is 16.6. The number of carbonyl (C=O) groups is 1. The van der Waals surface area contributed by atoms with E-state index in [1.165, 1.54) is 0 Å². The van der Waals surface area contributed by atoms with Gasteiger partial charge in [0.2, 0.25) is 0 Å². The molecule has 6 heteroatoms. The molecule has 0 N–H and O–H groups in total. The number of alkyl halides is 1. The lowest BCUT2D eigenvalue weighted by molar-refractivity contribution is 0.0829. The first-order valence-electron chi connectivity index (χ1n) is 6.99. The fourth-order valence-corrected chi connectivity index (χ4v) is 3.91. The first-order chi connectivity index (χ1) is 11.0. The van der Waals surface area contributed by atoms with Gasteiger partial charge in [-0.1, -0.05) is 45.2 Å². The van der Waals surface area contributed by atoms with Crippen molar-refractivity contribution in [1.29, 1.82) is 0 Å². The Balaban J connectivity index is 1.88. The van der Waals surface area contributed by atoms with Crippen molar-refractivity contribution in [2.75, 3.05) is 6.61 Å². The van der Waals surface area contributed by atoms with Gasteiger partial charge in [0.15, 0.2) is 5.78 Å². The Hall–Kier alpha value is -0.550. The number of ketones is 1. The van der Waals surface area contributed by atoms with E-state index >= 15 is 0 Å². The zero-order valence-electron chi connectivity index (χ0n) is 11.9. The van der Waals surface area contributed by atoms with Crippen LogP contribution in [0.2, 0.25) is 10.0 Å². The second kappa shape index (κ2) is 7.14. The summed E-state index contributed by atoms with van der Waals surface area (Å²) in [5, 5.41) is 1.69. The molecule has 0 fully saturated rings. The predicted octanol–water partition coefficient (Wildman–Crippen LogP) is 6.08. The van der Waals surface area contributed by atoms with Crippen LogP contribution in [0.15, 0.2) is 34.8 Å². The van der Waals surface area contributed by atoms with Crippen LogP contribution < -0.4 is 4.74 Å². The van der Waals surface area contributed by atoms with Crippen LogP contribution in [0.1, 0.15) is 21.5 Å². The highest BCUT2D eigenvalue weighted by atomic mass is 79.9. The molecular weight excluding hydrogens is 467 g/mol. The van der Waals surface area contributed by atoms with Crippen LogP contribution in [0.5, 0.6) is 5.75 Å². The van der Waals surface area contributed by atoms with Crippen molar-refractivity contribution in [3.63, 3.8) is 0 Å². The van der Waals surface area contributed by atoms with Crippen molar-refractivity contribution in [1.82, 2.24) is 0 Å². The summed E-state index contributed by atoms with van der Waals surface area (Å²) in [5.41, 5.74) is 2.63. The standard InChI is InChI=1S/C17H12Br2Cl2O2/c18-7-10-4-12-16(22)11(8-23-17(12)13(19)5-10)3-9-1-2-14(20)15(21)6-9/h1-2,4-6,11H,3,7-8H2/t11-/m0/s1.